The standard InChI is InChI=1S/C21H25NO4/c1-3-18(22-21(24)26-15-16-11-7-5-8-12-16)19(20(23)25-4-2)17-13-9-6-10-14-17/h5-14,18-19H,3-4,15H2,1-2H3,(H,22,24). The zero-order chi connectivity index (χ0) is 18.8. The second kappa shape index (κ2) is 10.2. The van der Waals surface area contributed by atoms with Crippen molar-refractivity contribution >= 4 is 12.1 Å². The van der Waals surface area contributed by atoms with Crippen molar-refractivity contribution in [2.45, 2.75) is 38.8 Å². The Hall–Kier alpha value is -2.82. The monoisotopic (exact) mass is 355 g/mol. The summed E-state index contributed by atoms with van der Waals surface area (Å²) in [4.78, 5) is 24.7. The molecule has 0 aromatic heterocycles. The molecule has 0 radical (unpaired) electrons. The van der Waals surface area contributed by atoms with Crippen molar-refractivity contribution in [3.8, 4) is 0 Å². The van der Waals surface area contributed by atoms with Crippen molar-refractivity contribution in [2.75, 3.05) is 6.61 Å². The highest BCUT2D eigenvalue weighted by atomic mass is 16.5. The third-order valence-corrected chi connectivity index (χ3v) is 4.06. The molecule has 0 aliphatic rings. The van der Waals surface area contributed by atoms with Crippen molar-refractivity contribution in [1.29, 1.82) is 0 Å². The van der Waals surface area contributed by atoms with Crippen molar-refractivity contribution in [2.24, 2.45) is 0 Å². The molecule has 0 aliphatic carbocycles. The van der Waals surface area contributed by atoms with E-state index in [4.69, 9.17) is 9.47 Å². The van der Waals surface area contributed by atoms with E-state index in [1.165, 1.54) is 0 Å². The molecule has 26 heavy (non-hydrogen) atoms. The van der Waals surface area contributed by atoms with Crippen LogP contribution in [0.25, 0.3) is 0 Å². The van der Waals surface area contributed by atoms with Gasteiger partial charge in [0.25, 0.3) is 0 Å². The van der Waals surface area contributed by atoms with Gasteiger partial charge in [0, 0.05) is 6.04 Å². The van der Waals surface area contributed by atoms with Crippen LogP contribution in [0.1, 0.15) is 37.3 Å². The van der Waals surface area contributed by atoms with Gasteiger partial charge in [-0.05, 0) is 24.5 Å². The maximum absolute atomic E-state index is 12.5. The summed E-state index contributed by atoms with van der Waals surface area (Å²) in [5.74, 6) is -0.931. The van der Waals surface area contributed by atoms with E-state index < -0.39 is 18.1 Å². The van der Waals surface area contributed by atoms with Gasteiger partial charge in [0.15, 0.2) is 0 Å². The van der Waals surface area contributed by atoms with Gasteiger partial charge >= 0.3 is 12.1 Å². The number of hydrogen-bond acceptors (Lipinski definition) is 4. The summed E-state index contributed by atoms with van der Waals surface area (Å²) in [5, 5.41) is 2.81. The number of ether oxygens (including phenoxy) is 2. The Kier molecular flexibility index (Phi) is 7.68. The first-order valence-electron chi connectivity index (χ1n) is 8.84. The lowest BCUT2D eigenvalue weighted by Gasteiger charge is -2.25. The Morgan fingerprint density at radius 2 is 1.54 bits per heavy atom. The maximum Gasteiger partial charge on any atom is 0.407 e. The van der Waals surface area contributed by atoms with Crippen molar-refractivity contribution in [3.05, 3.63) is 71.8 Å². The molecule has 2 aromatic rings. The third kappa shape index (κ3) is 5.62. The smallest absolute Gasteiger partial charge is 0.407 e. The second-order valence-electron chi connectivity index (χ2n) is 5.86. The van der Waals surface area contributed by atoms with Crippen LogP contribution < -0.4 is 5.32 Å². The zero-order valence-corrected chi connectivity index (χ0v) is 15.2. The van der Waals surface area contributed by atoms with Crippen LogP contribution in [0.3, 0.4) is 0 Å². The van der Waals surface area contributed by atoms with Gasteiger partial charge in [-0.25, -0.2) is 4.79 Å². The van der Waals surface area contributed by atoms with Crippen LogP contribution in [-0.4, -0.2) is 24.7 Å². The number of amides is 1. The minimum atomic E-state index is -0.578. The number of rotatable bonds is 8. The summed E-state index contributed by atoms with van der Waals surface area (Å²) in [6.45, 7) is 4.15. The SMILES string of the molecule is CCOC(=O)C(c1ccccc1)C(CC)NC(=O)OCc1ccccc1. The van der Waals surface area contributed by atoms with Crippen LogP contribution in [0.5, 0.6) is 0 Å². The molecule has 0 bridgehead atoms. The Morgan fingerprint density at radius 1 is 0.923 bits per heavy atom. The molecule has 0 heterocycles. The molecule has 2 unspecified atom stereocenters. The predicted molar refractivity (Wildman–Crippen MR) is 99.7 cm³/mol. The average Bonchev–Trinajstić information content (AvgIpc) is 2.67. The Labute approximate surface area is 154 Å². The molecule has 0 fully saturated rings. The number of esters is 1. The van der Waals surface area contributed by atoms with Gasteiger partial charge in [-0.3, -0.25) is 4.79 Å². The van der Waals surface area contributed by atoms with E-state index in [9.17, 15) is 9.59 Å². The highest BCUT2D eigenvalue weighted by molar-refractivity contribution is 5.80. The van der Waals surface area contributed by atoms with Gasteiger partial charge < -0.3 is 14.8 Å². The molecule has 1 amide bonds. The molecule has 0 saturated heterocycles. The van der Waals surface area contributed by atoms with E-state index in [1.807, 2.05) is 67.6 Å². The number of carbonyl (C=O) groups is 2. The fourth-order valence-electron chi connectivity index (χ4n) is 2.76. The maximum atomic E-state index is 12.5. The van der Waals surface area contributed by atoms with Crippen LogP contribution >= 0.6 is 0 Å². The second-order valence-corrected chi connectivity index (χ2v) is 5.86. The Morgan fingerprint density at radius 3 is 2.12 bits per heavy atom. The number of hydrogen-bond donors (Lipinski definition) is 1. The van der Waals surface area contributed by atoms with Gasteiger partial charge in [0.1, 0.15) is 12.5 Å². The van der Waals surface area contributed by atoms with E-state index in [2.05, 4.69) is 5.32 Å². The summed E-state index contributed by atoms with van der Waals surface area (Å²) < 4.78 is 10.5. The lowest BCUT2D eigenvalue weighted by atomic mass is 9.90. The molecule has 2 atom stereocenters. The topological polar surface area (TPSA) is 64.6 Å². The normalized spacial score (nSPS) is 12.7. The van der Waals surface area contributed by atoms with Crippen LogP contribution in [0.15, 0.2) is 60.7 Å². The lowest BCUT2D eigenvalue weighted by molar-refractivity contribution is -0.145. The van der Waals surface area contributed by atoms with Crippen LogP contribution in [0.2, 0.25) is 0 Å². The molecule has 2 aromatic carbocycles. The molecule has 5 nitrogen and oxygen atoms in total. The van der Waals surface area contributed by atoms with Gasteiger partial charge in [0.2, 0.25) is 0 Å². The molecular weight excluding hydrogens is 330 g/mol. The van der Waals surface area contributed by atoms with E-state index in [1.54, 1.807) is 6.92 Å². The summed E-state index contributed by atoms with van der Waals surface area (Å²) in [7, 11) is 0. The minimum absolute atomic E-state index is 0.179. The highest BCUT2D eigenvalue weighted by Crippen LogP contribution is 2.24. The number of carbonyl (C=O) groups excluding carboxylic acids is 2. The van der Waals surface area contributed by atoms with Crippen LogP contribution in [0, 0.1) is 0 Å². The van der Waals surface area contributed by atoms with E-state index in [-0.39, 0.29) is 19.2 Å². The largest absolute Gasteiger partial charge is 0.465 e. The van der Waals surface area contributed by atoms with E-state index in [0.717, 1.165) is 11.1 Å². The predicted octanol–water partition coefficient (Wildman–Crippen LogP) is 4.04. The van der Waals surface area contributed by atoms with E-state index >= 15 is 0 Å². The molecule has 5 heteroatoms. The fourth-order valence-corrected chi connectivity index (χ4v) is 2.76. The average molecular weight is 355 g/mol. The first kappa shape index (κ1) is 19.5. The minimum Gasteiger partial charge on any atom is -0.465 e. The molecule has 0 aliphatic heterocycles. The van der Waals surface area contributed by atoms with Crippen LogP contribution in [0.4, 0.5) is 4.79 Å². The molecule has 2 rings (SSSR count). The van der Waals surface area contributed by atoms with Gasteiger partial charge in [-0.1, -0.05) is 67.6 Å². The highest BCUT2D eigenvalue weighted by Gasteiger charge is 2.31. The number of benzene rings is 2. The first-order chi connectivity index (χ1) is 12.7. The summed E-state index contributed by atoms with van der Waals surface area (Å²) in [5.41, 5.74) is 1.71. The molecule has 0 spiro atoms. The molecule has 138 valence electrons. The number of alkyl carbamates (subject to hydrolysis) is 1. The number of nitrogens with one attached hydrogen (secondary N) is 1. The Balaban J connectivity index is 2.06. The molecule has 1 N–H and O–H groups in total. The fraction of sp³-hybridized carbons (Fsp3) is 0.333. The molecule has 0 saturated carbocycles. The Bertz CT molecular complexity index is 688. The van der Waals surface area contributed by atoms with Gasteiger partial charge in [0.05, 0.1) is 6.61 Å². The van der Waals surface area contributed by atoms with Gasteiger partial charge in [-0.2, -0.15) is 0 Å². The molecular formula is C21H25NO4. The van der Waals surface area contributed by atoms with Crippen molar-refractivity contribution in [1.82, 2.24) is 5.32 Å². The van der Waals surface area contributed by atoms with Crippen LogP contribution in [-0.2, 0) is 20.9 Å². The summed E-state index contributed by atoms with van der Waals surface area (Å²) in [6.07, 6.45) is 0.0182. The lowest BCUT2D eigenvalue weighted by Crippen LogP contribution is -2.42. The van der Waals surface area contributed by atoms with E-state index in [0.29, 0.717) is 6.42 Å². The first-order valence-corrected chi connectivity index (χ1v) is 8.84. The quantitative estimate of drug-likeness (QED) is 0.726. The van der Waals surface area contributed by atoms with Crippen molar-refractivity contribution in [3.63, 3.8) is 0 Å². The third-order valence-electron chi connectivity index (χ3n) is 4.06. The van der Waals surface area contributed by atoms with Gasteiger partial charge in [-0.15, -0.1) is 0 Å². The summed E-state index contributed by atoms with van der Waals surface area (Å²) >= 11 is 0. The zero-order valence-electron chi connectivity index (χ0n) is 15.2. The summed E-state index contributed by atoms with van der Waals surface area (Å²) in [6, 6.07) is 18.4. The van der Waals surface area contributed by atoms with Crippen molar-refractivity contribution < 1.29 is 19.1 Å².